The number of amides is 1. The summed E-state index contributed by atoms with van der Waals surface area (Å²) in [5.74, 6) is -0.0414. The number of rotatable bonds is 4. The lowest BCUT2D eigenvalue weighted by Crippen LogP contribution is -2.52. The van der Waals surface area contributed by atoms with E-state index in [4.69, 9.17) is 23.2 Å². The van der Waals surface area contributed by atoms with Crippen LogP contribution in [0.4, 0.5) is 0 Å². The lowest BCUT2D eigenvalue weighted by atomic mass is 10.3. The smallest absolute Gasteiger partial charge is 0.244 e. The molecular formula is C13H18Cl3N3O3S. The number of halogens is 3. The average molecular weight is 403 g/mol. The molecule has 0 aliphatic carbocycles. The predicted octanol–water partition coefficient (Wildman–Crippen LogP) is 1.47. The van der Waals surface area contributed by atoms with Crippen molar-refractivity contribution in [1.29, 1.82) is 0 Å². The van der Waals surface area contributed by atoms with Gasteiger partial charge in [0.15, 0.2) is 0 Å². The minimum atomic E-state index is -3.71. The van der Waals surface area contributed by atoms with Crippen LogP contribution in [0, 0.1) is 0 Å². The van der Waals surface area contributed by atoms with E-state index < -0.39 is 10.0 Å². The number of piperazine rings is 1. The molecule has 2 rings (SSSR count). The monoisotopic (exact) mass is 401 g/mol. The molecular weight excluding hydrogens is 385 g/mol. The summed E-state index contributed by atoms with van der Waals surface area (Å²) in [6, 6.07) is 4.52. The Morgan fingerprint density at radius 1 is 1.22 bits per heavy atom. The summed E-state index contributed by atoms with van der Waals surface area (Å²) in [6.07, 6.45) is 0. The maximum Gasteiger partial charge on any atom is 0.244 e. The van der Waals surface area contributed by atoms with E-state index in [-0.39, 0.29) is 52.9 Å². The lowest BCUT2D eigenvalue weighted by molar-refractivity contribution is -0.131. The van der Waals surface area contributed by atoms with Crippen LogP contribution in [0.3, 0.4) is 0 Å². The largest absolute Gasteiger partial charge is 0.339 e. The van der Waals surface area contributed by atoms with Crippen molar-refractivity contribution in [3.63, 3.8) is 0 Å². The molecule has 1 N–H and O–H groups in total. The van der Waals surface area contributed by atoms with Crippen molar-refractivity contribution in [2.45, 2.75) is 4.90 Å². The highest BCUT2D eigenvalue weighted by Crippen LogP contribution is 2.31. The Labute approximate surface area is 152 Å². The number of benzene rings is 1. The first-order valence-corrected chi connectivity index (χ1v) is 8.94. The van der Waals surface area contributed by atoms with E-state index in [0.29, 0.717) is 13.1 Å². The summed E-state index contributed by atoms with van der Waals surface area (Å²) in [5.41, 5.74) is 0. The molecule has 1 saturated heterocycles. The van der Waals surface area contributed by atoms with Crippen LogP contribution < -0.4 is 5.32 Å². The van der Waals surface area contributed by atoms with Crippen LogP contribution in [0.15, 0.2) is 23.1 Å². The van der Waals surface area contributed by atoms with Gasteiger partial charge in [-0.15, -0.1) is 12.4 Å². The van der Waals surface area contributed by atoms with Crippen molar-refractivity contribution in [3.05, 3.63) is 28.2 Å². The van der Waals surface area contributed by atoms with Crippen LogP contribution in [0.2, 0.25) is 10.0 Å². The van der Waals surface area contributed by atoms with Crippen molar-refractivity contribution in [3.8, 4) is 0 Å². The Morgan fingerprint density at radius 3 is 2.39 bits per heavy atom. The lowest BCUT2D eigenvalue weighted by Gasteiger charge is -2.34. The van der Waals surface area contributed by atoms with Crippen molar-refractivity contribution in [2.24, 2.45) is 0 Å². The maximum absolute atomic E-state index is 12.6. The van der Waals surface area contributed by atoms with Crippen molar-refractivity contribution in [1.82, 2.24) is 14.5 Å². The van der Waals surface area contributed by atoms with Crippen LogP contribution >= 0.6 is 35.6 Å². The molecule has 1 amide bonds. The van der Waals surface area contributed by atoms with Gasteiger partial charge in [0.25, 0.3) is 0 Å². The topological polar surface area (TPSA) is 69.7 Å². The van der Waals surface area contributed by atoms with Gasteiger partial charge in [0.2, 0.25) is 15.9 Å². The molecule has 6 nitrogen and oxygen atoms in total. The number of likely N-dealkylation sites (N-methyl/N-ethyl adjacent to an activating group) is 1. The second kappa shape index (κ2) is 8.50. The van der Waals surface area contributed by atoms with Gasteiger partial charge in [-0.25, -0.2) is 8.42 Å². The Balaban J connectivity index is 0.00000264. The molecule has 1 heterocycles. The van der Waals surface area contributed by atoms with Crippen molar-refractivity contribution < 1.29 is 13.2 Å². The van der Waals surface area contributed by atoms with E-state index >= 15 is 0 Å². The minimum Gasteiger partial charge on any atom is -0.339 e. The molecule has 1 fully saturated rings. The maximum atomic E-state index is 12.6. The third-order valence-electron chi connectivity index (χ3n) is 3.45. The molecule has 23 heavy (non-hydrogen) atoms. The zero-order valence-corrected chi connectivity index (χ0v) is 15.6. The zero-order chi connectivity index (χ0) is 16.3. The number of hydrogen-bond donors (Lipinski definition) is 1. The molecule has 0 radical (unpaired) electrons. The van der Waals surface area contributed by atoms with Gasteiger partial charge in [-0.2, -0.15) is 4.31 Å². The summed E-state index contributed by atoms with van der Waals surface area (Å²) >= 11 is 11.9. The predicted molar refractivity (Wildman–Crippen MR) is 93.0 cm³/mol. The Bertz CT molecular complexity index is 662. The van der Waals surface area contributed by atoms with Gasteiger partial charge in [-0.05, 0) is 19.2 Å². The molecule has 0 unspecified atom stereocenters. The van der Waals surface area contributed by atoms with Gasteiger partial charge < -0.3 is 10.2 Å². The first-order valence-electron chi connectivity index (χ1n) is 6.74. The third kappa shape index (κ3) is 4.49. The molecule has 1 aliphatic rings. The van der Waals surface area contributed by atoms with Gasteiger partial charge in [0, 0.05) is 26.2 Å². The highest BCUT2D eigenvalue weighted by molar-refractivity contribution is 7.89. The highest BCUT2D eigenvalue weighted by atomic mass is 35.5. The van der Waals surface area contributed by atoms with E-state index in [0.717, 1.165) is 0 Å². The van der Waals surface area contributed by atoms with Gasteiger partial charge in [0.1, 0.15) is 4.90 Å². The molecule has 1 aromatic carbocycles. The van der Waals surface area contributed by atoms with E-state index in [9.17, 15) is 13.2 Å². The Kier molecular flexibility index (Phi) is 7.57. The fraction of sp³-hybridized carbons (Fsp3) is 0.462. The van der Waals surface area contributed by atoms with Crippen molar-refractivity contribution in [2.75, 3.05) is 39.8 Å². The second-order valence-electron chi connectivity index (χ2n) is 4.87. The fourth-order valence-corrected chi connectivity index (χ4v) is 4.42. The van der Waals surface area contributed by atoms with E-state index in [2.05, 4.69) is 5.32 Å². The molecule has 10 heteroatoms. The number of hydrogen-bond acceptors (Lipinski definition) is 4. The molecule has 130 valence electrons. The number of sulfonamides is 1. The zero-order valence-electron chi connectivity index (χ0n) is 12.5. The Morgan fingerprint density at radius 2 is 1.83 bits per heavy atom. The molecule has 1 aromatic rings. The molecule has 0 spiro atoms. The normalized spacial score (nSPS) is 16.0. The Hall–Kier alpha value is -0.570. The van der Waals surface area contributed by atoms with Crippen LogP contribution in [0.25, 0.3) is 0 Å². The summed E-state index contributed by atoms with van der Waals surface area (Å²) in [5, 5.41) is 3.02. The summed E-state index contributed by atoms with van der Waals surface area (Å²) in [7, 11) is -2.02. The fourth-order valence-electron chi connectivity index (χ4n) is 2.26. The van der Waals surface area contributed by atoms with E-state index in [1.54, 1.807) is 18.0 Å². The number of carbonyl (C=O) groups is 1. The summed E-state index contributed by atoms with van der Waals surface area (Å²) < 4.78 is 26.6. The van der Waals surface area contributed by atoms with Crippen LogP contribution in [0.1, 0.15) is 0 Å². The minimum absolute atomic E-state index is 0. The molecule has 0 aromatic heterocycles. The quantitative estimate of drug-likeness (QED) is 0.828. The van der Waals surface area contributed by atoms with Crippen LogP contribution in [0.5, 0.6) is 0 Å². The van der Waals surface area contributed by atoms with Gasteiger partial charge in [-0.3, -0.25) is 4.79 Å². The average Bonchev–Trinajstić information content (AvgIpc) is 2.50. The molecule has 0 saturated carbocycles. The summed E-state index contributed by atoms with van der Waals surface area (Å²) in [4.78, 5) is 13.4. The standard InChI is InChI=1S/C13H17Cl2N3O3S.ClH/c1-16-9-12(19)17-5-7-18(8-6-17)22(20,21)11-4-2-3-10(14)13(11)15;/h2-4,16H,5-9H2,1H3;1H. The molecule has 0 bridgehead atoms. The number of nitrogens with one attached hydrogen (secondary N) is 1. The van der Waals surface area contributed by atoms with Crippen molar-refractivity contribution >= 4 is 51.5 Å². The van der Waals surface area contributed by atoms with E-state index in [1.165, 1.54) is 16.4 Å². The van der Waals surface area contributed by atoms with E-state index in [1.807, 2.05) is 0 Å². The first kappa shape index (κ1) is 20.5. The van der Waals surface area contributed by atoms with Gasteiger partial charge in [-0.1, -0.05) is 29.3 Å². The third-order valence-corrected chi connectivity index (χ3v) is 6.33. The summed E-state index contributed by atoms with van der Waals surface area (Å²) in [6.45, 7) is 1.43. The number of carbonyl (C=O) groups excluding carboxylic acids is 1. The SMILES string of the molecule is CNCC(=O)N1CCN(S(=O)(=O)c2cccc(Cl)c2Cl)CC1.Cl. The number of nitrogens with zero attached hydrogens (tertiary/aromatic N) is 2. The molecule has 1 aliphatic heterocycles. The van der Waals surface area contributed by atoms with Gasteiger partial charge >= 0.3 is 0 Å². The first-order chi connectivity index (χ1) is 10.4. The second-order valence-corrected chi connectivity index (χ2v) is 7.56. The highest BCUT2D eigenvalue weighted by Gasteiger charge is 2.31. The molecule has 0 atom stereocenters. The van der Waals surface area contributed by atoms with Gasteiger partial charge in [0.05, 0.1) is 16.6 Å². The van der Waals surface area contributed by atoms with Crippen LogP contribution in [-0.2, 0) is 14.8 Å². The van der Waals surface area contributed by atoms with Crippen LogP contribution in [-0.4, -0.2) is 63.3 Å².